The quantitative estimate of drug-likeness (QED) is 0.606. The first kappa shape index (κ1) is 19.5. The summed E-state index contributed by atoms with van der Waals surface area (Å²) >= 11 is 0. The molecule has 146 valence electrons. The van der Waals surface area contributed by atoms with Crippen LogP contribution in [-0.2, 0) is 0 Å². The summed E-state index contributed by atoms with van der Waals surface area (Å²) in [7, 11) is 0. The predicted molar refractivity (Wildman–Crippen MR) is 108 cm³/mol. The van der Waals surface area contributed by atoms with Crippen molar-refractivity contribution in [3.05, 3.63) is 71.5 Å². The molecule has 0 unspecified atom stereocenters. The highest BCUT2D eigenvalue weighted by Crippen LogP contribution is 2.18. The van der Waals surface area contributed by atoms with Crippen molar-refractivity contribution in [3.8, 4) is 17.2 Å². The number of amides is 1. The molecule has 0 spiro atoms. The summed E-state index contributed by atoms with van der Waals surface area (Å²) in [4.78, 5) is 12.6. The number of para-hydroxylation sites is 1. The molecular formula is C22H25N3O3. The third kappa shape index (κ3) is 4.52. The van der Waals surface area contributed by atoms with Crippen LogP contribution in [-0.4, -0.2) is 35.4 Å². The lowest BCUT2D eigenvalue weighted by atomic mass is 10.2. The average Bonchev–Trinajstić information content (AvgIpc) is 3.01. The minimum atomic E-state index is -0.146. The largest absolute Gasteiger partial charge is 0.494 e. The Hall–Kier alpha value is -3.28. The maximum atomic E-state index is 12.6. The van der Waals surface area contributed by atoms with Gasteiger partial charge in [-0.05, 0) is 57.2 Å². The Balaban J connectivity index is 1.56. The molecule has 0 saturated heterocycles. The van der Waals surface area contributed by atoms with E-state index in [9.17, 15) is 4.79 Å². The van der Waals surface area contributed by atoms with Crippen molar-refractivity contribution in [1.82, 2.24) is 15.1 Å². The lowest BCUT2D eigenvalue weighted by molar-refractivity contribution is 0.0945. The van der Waals surface area contributed by atoms with Gasteiger partial charge in [0, 0.05) is 0 Å². The normalized spacial score (nSPS) is 10.5. The van der Waals surface area contributed by atoms with E-state index in [1.165, 1.54) is 0 Å². The van der Waals surface area contributed by atoms with Crippen LogP contribution in [0.4, 0.5) is 0 Å². The molecular weight excluding hydrogens is 354 g/mol. The maximum absolute atomic E-state index is 12.6. The van der Waals surface area contributed by atoms with Crippen molar-refractivity contribution in [3.63, 3.8) is 0 Å². The predicted octanol–water partition coefficient (Wildman–Crippen LogP) is 3.70. The number of nitrogens with zero attached hydrogens (tertiary/aromatic N) is 2. The summed E-state index contributed by atoms with van der Waals surface area (Å²) in [5.74, 6) is 1.40. The van der Waals surface area contributed by atoms with E-state index < -0.39 is 0 Å². The van der Waals surface area contributed by atoms with Crippen LogP contribution in [0.15, 0.2) is 54.6 Å². The topological polar surface area (TPSA) is 65.4 Å². The number of rotatable bonds is 8. The van der Waals surface area contributed by atoms with Crippen LogP contribution in [0.1, 0.15) is 28.7 Å². The fraction of sp³-hybridized carbons (Fsp3) is 0.273. The molecule has 1 heterocycles. The smallest absolute Gasteiger partial charge is 0.255 e. The summed E-state index contributed by atoms with van der Waals surface area (Å²) in [5, 5.41) is 7.42. The number of aromatic nitrogens is 2. The molecule has 0 atom stereocenters. The molecule has 2 aromatic carbocycles. The monoisotopic (exact) mass is 379 g/mol. The third-order valence-electron chi connectivity index (χ3n) is 4.31. The first-order chi connectivity index (χ1) is 13.6. The van der Waals surface area contributed by atoms with Crippen molar-refractivity contribution in [2.75, 3.05) is 19.8 Å². The Bertz CT molecular complexity index is 918. The van der Waals surface area contributed by atoms with Gasteiger partial charge in [0.25, 0.3) is 5.91 Å². The number of nitrogens with one attached hydrogen (secondary N) is 1. The van der Waals surface area contributed by atoms with Crippen LogP contribution < -0.4 is 14.8 Å². The van der Waals surface area contributed by atoms with Crippen molar-refractivity contribution in [2.45, 2.75) is 20.8 Å². The van der Waals surface area contributed by atoms with Crippen LogP contribution in [0, 0.1) is 13.8 Å². The Kier molecular flexibility index (Phi) is 6.32. The zero-order valence-corrected chi connectivity index (χ0v) is 16.4. The SMILES string of the molecule is CCOc1ccc(OCCNC(=O)c2c(C)nn(-c3ccccc3)c2C)cc1. The molecule has 0 aliphatic heterocycles. The number of ether oxygens (including phenoxy) is 2. The molecule has 28 heavy (non-hydrogen) atoms. The number of hydrogen-bond donors (Lipinski definition) is 1. The summed E-state index contributed by atoms with van der Waals surface area (Å²) in [6, 6.07) is 17.2. The molecule has 0 aliphatic rings. The lowest BCUT2D eigenvalue weighted by Crippen LogP contribution is -2.29. The highest BCUT2D eigenvalue weighted by atomic mass is 16.5. The third-order valence-corrected chi connectivity index (χ3v) is 4.31. The van der Waals surface area contributed by atoms with E-state index in [4.69, 9.17) is 9.47 Å². The second-order valence-electron chi connectivity index (χ2n) is 6.30. The number of aryl methyl sites for hydroxylation is 1. The highest BCUT2D eigenvalue weighted by molar-refractivity contribution is 5.96. The number of carbonyl (C=O) groups excluding carboxylic acids is 1. The fourth-order valence-corrected chi connectivity index (χ4v) is 3.01. The molecule has 1 N–H and O–H groups in total. The molecule has 3 aromatic rings. The van der Waals surface area contributed by atoms with Crippen molar-refractivity contribution >= 4 is 5.91 Å². The standard InChI is InChI=1S/C22H25N3O3/c1-4-27-19-10-12-20(13-11-19)28-15-14-23-22(26)21-16(2)24-25(17(21)3)18-8-6-5-7-9-18/h5-13H,4,14-15H2,1-3H3,(H,23,26). The summed E-state index contributed by atoms with van der Waals surface area (Å²) in [6.07, 6.45) is 0. The first-order valence-electron chi connectivity index (χ1n) is 9.35. The zero-order valence-electron chi connectivity index (χ0n) is 16.4. The van der Waals surface area contributed by atoms with Gasteiger partial charge in [-0.15, -0.1) is 0 Å². The molecule has 0 radical (unpaired) electrons. The molecule has 1 amide bonds. The van der Waals surface area contributed by atoms with Crippen molar-refractivity contribution in [2.24, 2.45) is 0 Å². The molecule has 0 saturated carbocycles. The second kappa shape index (κ2) is 9.08. The number of carbonyl (C=O) groups is 1. The van der Waals surface area contributed by atoms with Gasteiger partial charge in [0.15, 0.2) is 0 Å². The van der Waals surface area contributed by atoms with Crippen molar-refractivity contribution in [1.29, 1.82) is 0 Å². The van der Waals surface area contributed by atoms with E-state index in [1.54, 1.807) is 4.68 Å². The van der Waals surface area contributed by atoms with Gasteiger partial charge in [-0.3, -0.25) is 4.79 Å². The first-order valence-corrected chi connectivity index (χ1v) is 9.35. The van der Waals surface area contributed by atoms with Gasteiger partial charge in [0.1, 0.15) is 18.1 Å². The molecule has 1 aromatic heterocycles. The average molecular weight is 379 g/mol. The molecule has 0 aliphatic carbocycles. The Morgan fingerprint density at radius 1 is 1.00 bits per heavy atom. The van der Waals surface area contributed by atoms with Gasteiger partial charge in [0.2, 0.25) is 0 Å². The zero-order chi connectivity index (χ0) is 19.9. The summed E-state index contributed by atoms with van der Waals surface area (Å²) in [5.41, 5.74) is 3.05. The number of benzene rings is 2. The van der Waals surface area contributed by atoms with E-state index in [-0.39, 0.29) is 5.91 Å². The molecule has 6 heteroatoms. The molecule has 0 bridgehead atoms. The summed E-state index contributed by atoms with van der Waals surface area (Å²) in [6.45, 7) is 7.11. The number of hydrogen-bond acceptors (Lipinski definition) is 4. The van der Waals surface area contributed by atoms with E-state index in [0.717, 1.165) is 22.9 Å². The van der Waals surface area contributed by atoms with E-state index in [2.05, 4.69) is 10.4 Å². The lowest BCUT2D eigenvalue weighted by Gasteiger charge is -2.09. The van der Waals surface area contributed by atoms with Gasteiger partial charge < -0.3 is 14.8 Å². The van der Waals surface area contributed by atoms with Crippen LogP contribution in [0.25, 0.3) is 5.69 Å². The second-order valence-corrected chi connectivity index (χ2v) is 6.30. The Morgan fingerprint density at radius 3 is 2.29 bits per heavy atom. The van der Waals surface area contributed by atoms with E-state index in [1.807, 2.05) is 75.4 Å². The van der Waals surface area contributed by atoms with Gasteiger partial charge in [-0.2, -0.15) is 5.10 Å². The molecule has 0 fully saturated rings. The van der Waals surface area contributed by atoms with Crippen LogP contribution in [0.3, 0.4) is 0 Å². The maximum Gasteiger partial charge on any atom is 0.255 e. The van der Waals surface area contributed by atoms with Gasteiger partial charge in [0.05, 0.1) is 35.8 Å². The molecule has 6 nitrogen and oxygen atoms in total. The molecule has 3 rings (SSSR count). The van der Waals surface area contributed by atoms with Gasteiger partial charge in [-0.1, -0.05) is 18.2 Å². The Labute approximate surface area is 165 Å². The van der Waals surface area contributed by atoms with Crippen LogP contribution in [0.2, 0.25) is 0 Å². The van der Waals surface area contributed by atoms with E-state index >= 15 is 0 Å². The summed E-state index contributed by atoms with van der Waals surface area (Å²) < 4.78 is 12.9. The fourth-order valence-electron chi connectivity index (χ4n) is 3.01. The van der Waals surface area contributed by atoms with Crippen LogP contribution in [0.5, 0.6) is 11.5 Å². The minimum Gasteiger partial charge on any atom is -0.494 e. The van der Waals surface area contributed by atoms with E-state index in [0.29, 0.717) is 31.0 Å². The van der Waals surface area contributed by atoms with Crippen molar-refractivity contribution < 1.29 is 14.3 Å². The van der Waals surface area contributed by atoms with Crippen LogP contribution >= 0.6 is 0 Å². The minimum absolute atomic E-state index is 0.146. The van der Waals surface area contributed by atoms with Gasteiger partial charge in [-0.25, -0.2) is 4.68 Å². The van der Waals surface area contributed by atoms with Gasteiger partial charge >= 0.3 is 0 Å². The highest BCUT2D eigenvalue weighted by Gasteiger charge is 2.19. The Morgan fingerprint density at radius 2 is 1.64 bits per heavy atom.